The third kappa shape index (κ3) is 1.16. The lowest BCUT2D eigenvalue weighted by atomic mass is 9.67. The van der Waals surface area contributed by atoms with E-state index < -0.39 is 0 Å². The molecule has 1 aliphatic carbocycles. The van der Waals surface area contributed by atoms with Crippen LogP contribution in [-0.4, -0.2) is 11.7 Å². The Morgan fingerprint density at radius 2 is 2.22 bits per heavy atom. The number of allylic oxidation sites excluding steroid dienone is 1. The van der Waals surface area contributed by atoms with Crippen LogP contribution in [0.5, 0.6) is 0 Å². The first kappa shape index (κ1) is 6.81. The highest BCUT2D eigenvalue weighted by atomic mass is 16.3. The van der Waals surface area contributed by atoms with Gasteiger partial charge in [-0.25, -0.2) is 0 Å². The Balaban J connectivity index is 2.37. The number of rotatable bonds is 3. The van der Waals surface area contributed by atoms with E-state index in [-0.39, 0.29) is 0 Å². The molecule has 1 nitrogen and oxygen atoms in total. The third-order valence-electron chi connectivity index (χ3n) is 2.39. The van der Waals surface area contributed by atoms with Gasteiger partial charge in [-0.1, -0.05) is 12.5 Å². The Morgan fingerprint density at radius 3 is 2.33 bits per heavy atom. The second kappa shape index (κ2) is 2.53. The van der Waals surface area contributed by atoms with E-state index in [1.54, 1.807) is 0 Å². The molecule has 0 saturated heterocycles. The van der Waals surface area contributed by atoms with Gasteiger partial charge in [0.1, 0.15) is 0 Å². The summed E-state index contributed by atoms with van der Waals surface area (Å²) in [5.41, 5.74) is 0.328. The van der Waals surface area contributed by atoms with Gasteiger partial charge < -0.3 is 5.11 Å². The summed E-state index contributed by atoms with van der Waals surface area (Å²) in [5, 5.41) is 8.65. The number of aliphatic hydroxyl groups excluding tert-OH is 1. The highest BCUT2D eigenvalue weighted by Crippen LogP contribution is 2.44. The highest BCUT2D eigenvalue weighted by molar-refractivity contribution is 5.00. The molecule has 0 aromatic rings. The van der Waals surface area contributed by atoms with Gasteiger partial charge in [-0.3, -0.25) is 0 Å². The van der Waals surface area contributed by atoms with Crippen molar-refractivity contribution >= 4 is 0 Å². The number of hydrogen-bond donors (Lipinski definition) is 1. The molecule has 0 bridgehead atoms. The molecule has 1 saturated carbocycles. The molecule has 0 aromatic carbocycles. The van der Waals surface area contributed by atoms with E-state index in [2.05, 4.69) is 6.58 Å². The van der Waals surface area contributed by atoms with E-state index >= 15 is 0 Å². The minimum Gasteiger partial charge on any atom is -0.396 e. The summed E-state index contributed by atoms with van der Waals surface area (Å²) in [4.78, 5) is 0. The molecule has 52 valence electrons. The summed E-state index contributed by atoms with van der Waals surface area (Å²) in [6.45, 7) is 4.07. The first-order valence-corrected chi connectivity index (χ1v) is 3.57. The first-order chi connectivity index (χ1) is 4.33. The largest absolute Gasteiger partial charge is 0.396 e. The Bertz CT molecular complexity index is 103. The van der Waals surface area contributed by atoms with E-state index in [0.29, 0.717) is 12.0 Å². The molecule has 0 unspecified atom stereocenters. The molecule has 1 heteroatoms. The van der Waals surface area contributed by atoms with Gasteiger partial charge in [0.15, 0.2) is 0 Å². The molecule has 9 heavy (non-hydrogen) atoms. The maximum absolute atomic E-state index is 8.65. The fraction of sp³-hybridized carbons (Fsp3) is 0.750. The van der Waals surface area contributed by atoms with Gasteiger partial charge >= 0.3 is 0 Å². The molecule has 1 N–H and O–H groups in total. The topological polar surface area (TPSA) is 20.2 Å². The minimum atomic E-state index is 0.312. The lowest BCUT2D eigenvalue weighted by molar-refractivity contribution is 0.140. The summed E-state index contributed by atoms with van der Waals surface area (Å²) in [6.07, 6.45) is 6.70. The summed E-state index contributed by atoms with van der Waals surface area (Å²) in [5.74, 6) is 0. The van der Waals surface area contributed by atoms with Crippen molar-refractivity contribution < 1.29 is 5.11 Å². The second-order valence-corrected chi connectivity index (χ2v) is 2.89. The SMILES string of the molecule is C=CC1(CCO)CCC1. The van der Waals surface area contributed by atoms with Crippen molar-refractivity contribution in [2.75, 3.05) is 6.61 Å². The molecule has 0 radical (unpaired) electrons. The maximum Gasteiger partial charge on any atom is 0.0439 e. The van der Waals surface area contributed by atoms with E-state index in [1.807, 2.05) is 6.08 Å². The summed E-state index contributed by atoms with van der Waals surface area (Å²) in [7, 11) is 0. The van der Waals surface area contributed by atoms with Crippen LogP contribution in [0.2, 0.25) is 0 Å². The van der Waals surface area contributed by atoms with Crippen molar-refractivity contribution in [3.63, 3.8) is 0 Å². The monoisotopic (exact) mass is 126 g/mol. The summed E-state index contributed by atoms with van der Waals surface area (Å²) < 4.78 is 0. The molecule has 0 aromatic heterocycles. The van der Waals surface area contributed by atoms with E-state index in [0.717, 1.165) is 6.42 Å². The lowest BCUT2D eigenvalue weighted by Gasteiger charge is -2.38. The lowest BCUT2D eigenvalue weighted by Crippen LogP contribution is -2.27. The molecule has 0 heterocycles. The fourth-order valence-electron chi connectivity index (χ4n) is 1.41. The van der Waals surface area contributed by atoms with Crippen molar-refractivity contribution in [1.82, 2.24) is 0 Å². The summed E-state index contributed by atoms with van der Waals surface area (Å²) in [6, 6.07) is 0. The smallest absolute Gasteiger partial charge is 0.0439 e. The van der Waals surface area contributed by atoms with Gasteiger partial charge in [0.2, 0.25) is 0 Å². The molecule has 0 aliphatic heterocycles. The van der Waals surface area contributed by atoms with Gasteiger partial charge in [-0.2, -0.15) is 0 Å². The van der Waals surface area contributed by atoms with Crippen LogP contribution in [0, 0.1) is 5.41 Å². The Hall–Kier alpha value is -0.300. The Morgan fingerprint density at radius 1 is 1.56 bits per heavy atom. The normalized spacial score (nSPS) is 22.8. The third-order valence-corrected chi connectivity index (χ3v) is 2.39. The van der Waals surface area contributed by atoms with Crippen LogP contribution in [0.3, 0.4) is 0 Å². The molecule has 1 aliphatic rings. The zero-order valence-electron chi connectivity index (χ0n) is 5.77. The first-order valence-electron chi connectivity index (χ1n) is 3.57. The van der Waals surface area contributed by atoms with E-state index in [9.17, 15) is 0 Å². The quantitative estimate of drug-likeness (QED) is 0.571. The predicted molar refractivity (Wildman–Crippen MR) is 38.2 cm³/mol. The van der Waals surface area contributed by atoms with Crippen molar-refractivity contribution in [3.05, 3.63) is 12.7 Å². The van der Waals surface area contributed by atoms with Crippen LogP contribution in [0.25, 0.3) is 0 Å². The van der Waals surface area contributed by atoms with Crippen molar-refractivity contribution in [2.24, 2.45) is 5.41 Å². The second-order valence-electron chi connectivity index (χ2n) is 2.89. The minimum absolute atomic E-state index is 0.312. The average molecular weight is 126 g/mol. The predicted octanol–water partition coefficient (Wildman–Crippen LogP) is 1.73. The molecule has 0 spiro atoms. The Labute approximate surface area is 56.4 Å². The number of aliphatic hydroxyl groups is 1. The van der Waals surface area contributed by atoms with Crippen molar-refractivity contribution in [1.29, 1.82) is 0 Å². The zero-order chi connectivity index (χ0) is 6.74. The standard InChI is InChI=1S/C8H14O/c1-2-8(6-7-9)4-3-5-8/h2,9H,1,3-7H2. The van der Waals surface area contributed by atoms with Crippen LogP contribution in [0.15, 0.2) is 12.7 Å². The van der Waals surface area contributed by atoms with Crippen LogP contribution in [0.1, 0.15) is 25.7 Å². The molecule has 1 fully saturated rings. The molecule has 1 rings (SSSR count). The zero-order valence-corrected chi connectivity index (χ0v) is 5.77. The van der Waals surface area contributed by atoms with Gasteiger partial charge in [0, 0.05) is 6.61 Å². The van der Waals surface area contributed by atoms with Crippen LogP contribution < -0.4 is 0 Å². The van der Waals surface area contributed by atoms with Crippen molar-refractivity contribution in [3.8, 4) is 0 Å². The van der Waals surface area contributed by atoms with E-state index in [1.165, 1.54) is 19.3 Å². The van der Waals surface area contributed by atoms with Gasteiger partial charge in [-0.15, -0.1) is 6.58 Å². The number of hydrogen-bond acceptors (Lipinski definition) is 1. The van der Waals surface area contributed by atoms with Crippen LogP contribution in [0.4, 0.5) is 0 Å². The fourth-order valence-corrected chi connectivity index (χ4v) is 1.41. The molecule has 0 amide bonds. The average Bonchev–Trinajstić information content (AvgIpc) is 1.79. The van der Waals surface area contributed by atoms with Crippen molar-refractivity contribution in [2.45, 2.75) is 25.7 Å². The van der Waals surface area contributed by atoms with Crippen LogP contribution in [-0.2, 0) is 0 Å². The van der Waals surface area contributed by atoms with Gasteiger partial charge in [0.25, 0.3) is 0 Å². The summed E-state index contributed by atoms with van der Waals surface area (Å²) >= 11 is 0. The molecule has 0 atom stereocenters. The van der Waals surface area contributed by atoms with Gasteiger partial charge in [0.05, 0.1) is 0 Å². The molecular weight excluding hydrogens is 112 g/mol. The maximum atomic E-state index is 8.65. The Kier molecular flexibility index (Phi) is 1.91. The van der Waals surface area contributed by atoms with E-state index in [4.69, 9.17) is 5.11 Å². The van der Waals surface area contributed by atoms with Crippen LogP contribution >= 0.6 is 0 Å². The van der Waals surface area contributed by atoms with Gasteiger partial charge in [-0.05, 0) is 24.7 Å². The highest BCUT2D eigenvalue weighted by Gasteiger charge is 2.32. The molecular formula is C8H14O.